The Morgan fingerprint density at radius 1 is 0.917 bits per heavy atom. The zero-order valence-electron chi connectivity index (χ0n) is 21.3. The first-order valence-corrected chi connectivity index (χ1v) is 13.5. The third-order valence-electron chi connectivity index (χ3n) is 9.19. The zero-order valence-corrected chi connectivity index (χ0v) is 21.3. The van der Waals surface area contributed by atoms with Crippen molar-refractivity contribution in [2.75, 3.05) is 13.9 Å². The van der Waals surface area contributed by atoms with E-state index in [1.54, 1.807) is 19.2 Å². The first-order chi connectivity index (χ1) is 17.5. The van der Waals surface area contributed by atoms with Crippen LogP contribution in [0.4, 0.5) is 0 Å². The largest absolute Gasteiger partial charge is 0.478 e. The Kier molecular flexibility index (Phi) is 6.13. The number of fused-ring (bicyclic) bond motifs is 1. The Labute approximate surface area is 213 Å². The highest BCUT2D eigenvalue weighted by molar-refractivity contribution is 5.91. The summed E-state index contributed by atoms with van der Waals surface area (Å²) >= 11 is 0. The van der Waals surface area contributed by atoms with Gasteiger partial charge in [-0.25, -0.2) is 4.79 Å². The maximum atomic E-state index is 11.3. The number of carboxylic acid groups (broad SMARTS) is 1. The molecule has 1 atom stereocenters. The van der Waals surface area contributed by atoms with Crippen LogP contribution in [0.1, 0.15) is 79.5 Å². The van der Waals surface area contributed by atoms with Crippen LogP contribution in [-0.4, -0.2) is 25.0 Å². The molecule has 4 aliphatic carbocycles. The van der Waals surface area contributed by atoms with E-state index in [1.165, 1.54) is 60.4 Å². The number of benzene rings is 3. The summed E-state index contributed by atoms with van der Waals surface area (Å²) in [4.78, 5) is 11.3. The number of hydrogen-bond acceptors (Lipinski definition) is 3. The molecule has 4 nitrogen and oxygen atoms in total. The van der Waals surface area contributed by atoms with E-state index in [0.717, 1.165) is 35.3 Å². The normalized spacial score (nSPS) is 27.4. The summed E-state index contributed by atoms with van der Waals surface area (Å²) in [5, 5.41) is 11.7. The van der Waals surface area contributed by atoms with Gasteiger partial charge in [-0.2, -0.15) is 0 Å². The Hall–Kier alpha value is -2.69. The van der Waals surface area contributed by atoms with Crippen LogP contribution in [0, 0.1) is 17.8 Å². The molecule has 0 heterocycles. The Morgan fingerprint density at radius 2 is 1.56 bits per heavy atom. The number of methoxy groups -OCH3 is 1. The Balaban J connectivity index is 1.47. The fourth-order valence-corrected chi connectivity index (χ4v) is 8.04. The van der Waals surface area contributed by atoms with E-state index in [1.807, 2.05) is 12.1 Å². The Bertz CT molecular complexity index is 1240. The summed E-state index contributed by atoms with van der Waals surface area (Å²) in [6.45, 7) is 2.51. The second-order valence-electron chi connectivity index (χ2n) is 11.6. The van der Waals surface area contributed by atoms with Crippen LogP contribution in [0.5, 0.6) is 0 Å². The number of aromatic carboxylic acids is 1. The minimum Gasteiger partial charge on any atom is -0.478 e. The Morgan fingerprint density at radius 3 is 2.14 bits per heavy atom. The van der Waals surface area contributed by atoms with Gasteiger partial charge in [-0.15, -0.1) is 0 Å². The van der Waals surface area contributed by atoms with Gasteiger partial charge in [-0.3, -0.25) is 0 Å². The lowest BCUT2D eigenvalue weighted by Gasteiger charge is -2.57. The predicted octanol–water partition coefficient (Wildman–Crippen LogP) is 7.74. The molecule has 188 valence electrons. The fraction of sp³-hybridized carbons (Fsp3) is 0.469. The number of hydrogen-bond donors (Lipinski definition) is 1. The van der Waals surface area contributed by atoms with Crippen LogP contribution in [0.25, 0.3) is 21.9 Å². The van der Waals surface area contributed by atoms with Crippen molar-refractivity contribution in [3.05, 3.63) is 71.3 Å². The van der Waals surface area contributed by atoms with Crippen molar-refractivity contribution in [1.82, 2.24) is 0 Å². The lowest BCUT2D eigenvalue weighted by Crippen LogP contribution is -2.49. The van der Waals surface area contributed by atoms with Crippen molar-refractivity contribution >= 4 is 16.7 Å². The smallest absolute Gasteiger partial charge is 0.335 e. The molecular weight excluding hydrogens is 448 g/mol. The topological polar surface area (TPSA) is 55.8 Å². The molecule has 4 bridgehead atoms. The third-order valence-corrected chi connectivity index (χ3v) is 9.19. The standard InChI is InChI=1S/C32H36O4/c1-3-30(36-19-35-2)28-14-26-9-8-25(23-4-6-24(7-5-23)31(33)34)13-27(26)15-29(28)32-16-20-10-21(17-32)12-22(11-20)18-32/h4-9,13-15,20-22,30H,3,10-12,16-19H2,1-2H3,(H,33,34). The number of carbonyl (C=O) groups is 1. The van der Waals surface area contributed by atoms with Gasteiger partial charge in [0, 0.05) is 7.11 Å². The monoisotopic (exact) mass is 484 g/mol. The molecule has 36 heavy (non-hydrogen) atoms. The molecule has 4 heteroatoms. The molecule has 3 aromatic carbocycles. The molecule has 1 N–H and O–H groups in total. The average molecular weight is 485 g/mol. The van der Waals surface area contributed by atoms with Gasteiger partial charge >= 0.3 is 5.97 Å². The molecule has 3 aromatic rings. The second kappa shape index (κ2) is 9.32. The van der Waals surface area contributed by atoms with E-state index in [-0.39, 0.29) is 11.5 Å². The summed E-state index contributed by atoms with van der Waals surface area (Å²) < 4.78 is 11.5. The fourth-order valence-electron chi connectivity index (χ4n) is 8.04. The molecule has 0 saturated heterocycles. The van der Waals surface area contributed by atoms with Crippen LogP contribution in [0.3, 0.4) is 0 Å². The molecule has 0 radical (unpaired) electrons. The van der Waals surface area contributed by atoms with Crippen LogP contribution in [0.15, 0.2) is 54.6 Å². The summed E-state index contributed by atoms with van der Waals surface area (Å²) in [7, 11) is 1.69. The van der Waals surface area contributed by atoms with Gasteiger partial charge in [0.2, 0.25) is 0 Å². The van der Waals surface area contributed by atoms with E-state index >= 15 is 0 Å². The number of carboxylic acids is 1. The highest BCUT2D eigenvalue weighted by atomic mass is 16.7. The average Bonchev–Trinajstić information content (AvgIpc) is 2.87. The van der Waals surface area contributed by atoms with Crippen molar-refractivity contribution < 1.29 is 19.4 Å². The number of rotatable bonds is 8. The van der Waals surface area contributed by atoms with Crippen LogP contribution in [-0.2, 0) is 14.9 Å². The molecular formula is C32H36O4. The minimum absolute atomic E-state index is 0.0283. The van der Waals surface area contributed by atoms with Gasteiger partial charge in [0.1, 0.15) is 6.79 Å². The highest BCUT2D eigenvalue weighted by Gasteiger charge is 2.52. The maximum Gasteiger partial charge on any atom is 0.335 e. The van der Waals surface area contributed by atoms with Gasteiger partial charge < -0.3 is 14.6 Å². The molecule has 4 saturated carbocycles. The molecule has 4 fully saturated rings. The van der Waals surface area contributed by atoms with E-state index < -0.39 is 5.97 Å². The third kappa shape index (κ3) is 4.14. The SMILES string of the molecule is CCC(OCOC)c1cc2ccc(-c3ccc(C(=O)O)cc3)cc2cc1C12CC3CC(CC(C3)C1)C2. The summed E-state index contributed by atoms with van der Waals surface area (Å²) in [5.41, 5.74) is 5.60. The van der Waals surface area contributed by atoms with Gasteiger partial charge in [0.05, 0.1) is 11.7 Å². The van der Waals surface area contributed by atoms with Crippen LogP contribution >= 0.6 is 0 Å². The van der Waals surface area contributed by atoms with Crippen LogP contribution in [0.2, 0.25) is 0 Å². The van der Waals surface area contributed by atoms with Gasteiger partial charge in [-0.05, 0) is 125 Å². The van der Waals surface area contributed by atoms with E-state index in [4.69, 9.17) is 9.47 Å². The van der Waals surface area contributed by atoms with Crippen molar-refractivity contribution in [2.45, 2.75) is 63.4 Å². The van der Waals surface area contributed by atoms with Crippen molar-refractivity contribution in [1.29, 1.82) is 0 Å². The number of ether oxygens (including phenoxy) is 2. The first kappa shape index (κ1) is 23.7. The first-order valence-electron chi connectivity index (χ1n) is 13.5. The molecule has 7 rings (SSSR count). The summed E-state index contributed by atoms with van der Waals surface area (Å²) in [6, 6.07) is 18.7. The lowest BCUT2D eigenvalue weighted by molar-refractivity contribution is -0.0759. The molecule has 0 amide bonds. The summed E-state index contributed by atoms with van der Waals surface area (Å²) in [6.07, 6.45) is 9.17. The lowest BCUT2D eigenvalue weighted by atomic mass is 9.47. The van der Waals surface area contributed by atoms with Crippen LogP contribution < -0.4 is 0 Å². The van der Waals surface area contributed by atoms with Gasteiger partial charge in [0.25, 0.3) is 0 Å². The molecule has 0 spiro atoms. The minimum atomic E-state index is -0.894. The van der Waals surface area contributed by atoms with Crippen molar-refractivity contribution in [3.8, 4) is 11.1 Å². The second-order valence-corrected chi connectivity index (χ2v) is 11.6. The maximum absolute atomic E-state index is 11.3. The molecule has 0 aliphatic heterocycles. The highest BCUT2D eigenvalue weighted by Crippen LogP contribution is 2.61. The van der Waals surface area contributed by atoms with Gasteiger partial charge in [0.15, 0.2) is 0 Å². The predicted molar refractivity (Wildman–Crippen MR) is 142 cm³/mol. The molecule has 4 aliphatic rings. The molecule has 0 aromatic heterocycles. The van der Waals surface area contributed by atoms with E-state index in [0.29, 0.717) is 12.4 Å². The molecule has 1 unspecified atom stereocenters. The zero-order chi connectivity index (χ0) is 24.9. The van der Waals surface area contributed by atoms with Crippen molar-refractivity contribution in [2.24, 2.45) is 17.8 Å². The summed E-state index contributed by atoms with van der Waals surface area (Å²) in [5.74, 6) is 1.73. The quantitative estimate of drug-likeness (QED) is 0.332. The van der Waals surface area contributed by atoms with E-state index in [2.05, 4.69) is 37.3 Å². The van der Waals surface area contributed by atoms with Gasteiger partial charge in [-0.1, -0.05) is 37.3 Å². The van der Waals surface area contributed by atoms with E-state index in [9.17, 15) is 9.90 Å². The van der Waals surface area contributed by atoms with Crippen molar-refractivity contribution in [3.63, 3.8) is 0 Å².